The van der Waals surface area contributed by atoms with Gasteiger partial charge in [-0.1, -0.05) is 6.08 Å². The number of rotatable bonds is 3. The highest BCUT2D eigenvalue weighted by molar-refractivity contribution is 5.64. The first-order valence-electron chi connectivity index (χ1n) is 4.15. The molecular formula is C8H13NO4. The van der Waals surface area contributed by atoms with Crippen LogP contribution < -0.4 is 5.32 Å². The summed E-state index contributed by atoms with van der Waals surface area (Å²) in [6, 6.07) is 0. The summed E-state index contributed by atoms with van der Waals surface area (Å²) in [6.07, 6.45) is 2.94. The van der Waals surface area contributed by atoms with Crippen LogP contribution in [0.5, 0.6) is 0 Å². The standard InChI is InChI=1S/C8H13NO4/c10-8(11)9-4-1-3-7-12-5-2-6-13-7/h1,3,7,9H,2,4-6H2,(H,10,11). The molecule has 0 aromatic carbocycles. The second-order valence-corrected chi connectivity index (χ2v) is 2.58. The number of hydrogen-bond acceptors (Lipinski definition) is 3. The van der Waals surface area contributed by atoms with Gasteiger partial charge in [0.15, 0.2) is 6.29 Å². The van der Waals surface area contributed by atoms with E-state index in [9.17, 15) is 4.79 Å². The van der Waals surface area contributed by atoms with E-state index in [0.717, 1.165) is 6.42 Å². The average Bonchev–Trinajstić information content (AvgIpc) is 2.14. The van der Waals surface area contributed by atoms with Crippen LogP contribution in [0.15, 0.2) is 12.2 Å². The van der Waals surface area contributed by atoms with E-state index in [2.05, 4.69) is 5.32 Å². The van der Waals surface area contributed by atoms with Crippen LogP contribution in [0.25, 0.3) is 0 Å². The lowest BCUT2D eigenvalue weighted by Crippen LogP contribution is -2.24. The van der Waals surface area contributed by atoms with Crippen LogP contribution in [0.2, 0.25) is 0 Å². The first kappa shape index (κ1) is 10.0. The van der Waals surface area contributed by atoms with Crippen molar-refractivity contribution in [3.8, 4) is 0 Å². The molecule has 5 heteroatoms. The highest BCUT2D eigenvalue weighted by Crippen LogP contribution is 2.04. The van der Waals surface area contributed by atoms with Crippen molar-refractivity contribution < 1.29 is 19.4 Å². The lowest BCUT2D eigenvalue weighted by atomic mass is 10.4. The molecule has 1 fully saturated rings. The number of amides is 1. The summed E-state index contributed by atoms with van der Waals surface area (Å²) in [5, 5.41) is 10.4. The summed E-state index contributed by atoms with van der Waals surface area (Å²) in [7, 11) is 0. The van der Waals surface area contributed by atoms with E-state index in [1.54, 1.807) is 12.2 Å². The van der Waals surface area contributed by atoms with E-state index in [1.807, 2.05) is 0 Å². The molecular weight excluding hydrogens is 174 g/mol. The zero-order valence-corrected chi connectivity index (χ0v) is 7.23. The Morgan fingerprint density at radius 2 is 2.23 bits per heavy atom. The largest absolute Gasteiger partial charge is 0.465 e. The van der Waals surface area contributed by atoms with Gasteiger partial charge in [-0.15, -0.1) is 0 Å². The van der Waals surface area contributed by atoms with Crippen LogP contribution in [-0.4, -0.2) is 37.2 Å². The molecule has 0 radical (unpaired) electrons. The number of carbonyl (C=O) groups is 1. The van der Waals surface area contributed by atoms with Crippen molar-refractivity contribution in [2.75, 3.05) is 19.8 Å². The Morgan fingerprint density at radius 1 is 1.54 bits per heavy atom. The molecule has 0 aromatic heterocycles. The molecule has 13 heavy (non-hydrogen) atoms. The number of ether oxygens (including phenoxy) is 2. The third kappa shape index (κ3) is 4.49. The number of carboxylic acid groups (broad SMARTS) is 1. The van der Waals surface area contributed by atoms with Crippen LogP contribution in [-0.2, 0) is 9.47 Å². The molecule has 2 N–H and O–H groups in total. The van der Waals surface area contributed by atoms with Crippen molar-refractivity contribution in [2.24, 2.45) is 0 Å². The van der Waals surface area contributed by atoms with Crippen molar-refractivity contribution in [1.82, 2.24) is 5.32 Å². The molecule has 1 aliphatic heterocycles. The topological polar surface area (TPSA) is 67.8 Å². The lowest BCUT2D eigenvalue weighted by molar-refractivity contribution is -0.149. The highest BCUT2D eigenvalue weighted by Gasteiger charge is 2.09. The second kappa shape index (κ2) is 5.55. The van der Waals surface area contributed by atoms with Gasteiger partial charge in [0, 0.05) is 6.54 Å². The Morgan fingerprint density at radius 3 is 2.85 bits per heavy atom. The summed E-state index contributed by atoms with van der Waals surface area (Å²) < 4.78 is 10.4. The second-order valence-electron chi connectivity index (χ2n) is 2.58. The SMILES string of the molecule is O=C(O)NCC=CC1OCCCO1. The highest BCUT2D eigenvalue weighted by atomic mass is 16.7. The van der Waals surface area contributed by atoms with Crippen LogP contribution in [0.1, 0.15) is 6.42 Å². The summed E-state index contributed by atoms with van der Waals surface area (Å²) in [6.45, 7) is 1.67. The molecule has 0 aromatic rings. The zero-order valence-electron chi connectivity index (χ0n) is 7.23. The average molecular weight is 187 g/mol. The molecule has 0 atom stereocenters. The Hall–Kier alpha value is -1.07. The van der Waals surface area contributed by atoms with Crippen molar-refractivity contribution in [3.05, 3.63) is 12.2 Å². The Balaban J connectivity index is 2.11. The van der Waals surface area contributed by atoms with Gasteiger partial charge >= 0.3 is 6.09 Å². The molecule has 0 unspecified atom stereocenters. The predicted octanol–water partition coefficient (Wildman–Crippen LogP) is 0.573. The molecule has 74 valence electrons. The van der Waals surface area contributed by atoms with E-state index in [-0.39, 0.29) is 12.8 Å². The van der Waals surface area contributed by atoms with Crippen LogP contribution in [0.4, 0.5) is 4.79 Å². The minimum Gasteiger partial charge on any atom is -0.465 e. The maximum absolute atomic E-state index is 10.0. The fraction of sp³-hybridized carbons (Fsp3) is 0.625. The molecule has 1 heterocycles. The van der Waals surface area contributed by atoms with Gasteiger partial charge in [0.2, 0.25) is 0 Å². The summed E-state index contributed by atoms with van der Waals surface area (Å²) in [5.74, 6) is 0. The molecule has 5 nitrogen and oxygen atoms in total. The lowest BCUT2D eigenvalue weighted by Gasteiger charge is -2.19. The number of nitrogens with one attached hydrogen (secondary N) is 1. The van der Waals surface area contributed by atoms with E-state index < -0.39 is 6.09 Å². The molecule has 1 saturated heterocycles. The summed E-state index contributed by atoms with van der Waals surface area (Å²) >= 11 is 0. The number of hydrogen-bond donors (Lipinski definition) is 2. The summed E-state index contributed by atoms with van der Waals surface area (Å²) in [5.41, 5.74) is 0. The minimum atomic E-state index is -1.03. The Labute approximate surface area is 76.3 Å². The quantitative estimate of drug-likeness (QED) is 0.634. The predicted molar refractivity (Wildman–Crippen MR) is 45.5 cm³/mol. The minimum absolute atomic E-state index is 0.276. The zero-order chi connectivity index (χ0) is 9.52. The Kier molecular flexibility index (Phi) is 4.28. The molecule has 0 spiro atoms. The molecule has 0 saturated carbocycles. The van der Waals surface area contributed by atoms with Crippen LogP contribution in [0, 0.1) is 0 Å². The third-order valence-corrected chi connectivity index (χ3v) is 1.52. The molecule has 1 rings (SSSR count). The van der Waals surface area contributed by atoms with E-state index in [0.29, 0.717) is 13.2 Å². The third-order valence-electron chi connectivity index (χ3n) is 1.52. The maximum atomic E-state index is 10.0. The maximum Gasteiger partial charge on any atom is 0.404 e. The van der Waals surface area contributed by atoms with Crippen LogP contribution in [0.3, 0.4) is 0 Å². The smallest absolute Gasteiger partial charge is 0.404 e. The molecule has 0 aliphatic carbocycles. The first-order chi connectivity index (χ1) is 6.29. The summed E-state index contributed by atoms with van der Waals surface area (Å²) in [4.78, 5) is 10.0. The van der Waals surface area contributed by atoms with Crippen LogP contribution >= 0.6 is 0 Å². The van der Waals surface area contributed by atoms with Gasteiger partial charge in [-0.3, -0.25) is 0 Å². The molecule has 1 aliphatic rings. The van der Waals surface area contributed by atoms with Crippen molar-refractivity contribution in [1.29, 1.82) is 0 Å². The fourth-order valence-electron chi connectivity index (χ4n) is 0.943. The van der Waals surface area contributed by atoms with Crippen molar-refractivity contribution in [2.45, 2.75) is 12.7 Å². The van der Waals surface area contributed by atoms with Gasteiger partial charge in [0.05, 0.1) is 13.2 Å². The van der Waals surface area contributed by atoms with E-state index >= 15 is 0 Å². The van der Waals surface area contributed by atoms with E-state index in [1.165, 1.54) is 0 Å². The van der Waals surface area contributed by atoms with Gasteiger partial charge in [-0.25, -0.2) is 4.79 Å². The van der Waals surface area contributed by atoms with Gasteiger partial charge < -0.3 is 19.9 Å². The first-order valence-corrected chi connectivity index (χ1v) is 4.15. The normalized spacial score (nSPS) is 19.1. The van der Waals surface area contributed by atoms with Gasteiger partial charge in [0.25, 0.3) is 0 Å². The molecule has 1 amide bonds. The van der Waals surface area contributed by atoms with Crippen molar-refractivity contribution >= 4 is 6.09 Å². The van der Waals surface area contributed by atoms with E-state index in [4.69, 9.17) is 14.6 Å². The van der Waals surface area contributed by atoms with Gasteiger partial charge in [-0.05, 0) is 12.5 Å². The van der Waals surface area contributed by atoms with Gasteiger partial charge in [-0.2, -0.15) is 0 Å². The fourth-order valence-corrected chi connectivity index (χ4v) is 0.943. The monoisotopic (exact) mass is 187 g/mol. The van der Waals surface area contributed by atoms with Gasteiger partial charge in [0.1, 0.15) is 0 Å². The Bertz CT molecular complexity index is 187. The molecule has 0 bridgehead atoms. The van der Waals surface area contributed by atoms with Crippen molar-refractivity contribution in [3.63, 3.8) is 0 Å².